The fourth-order valence-corrected chi connectivity index (χ4v) is 0.980. The van der Waals surface area contributed by atoms with E-state index in [9.17, 15) is 4.79 Å². The van der Waals surface area contributed by atoms with Gasteiger partial charge in [0.15, 0.2) is 5.56 Å². The molecule has 0 fully saturated rings. The first-order chi connectivity index (χ1) is 5.38. The molecule has 1 aromatic carbocycles. The zero-order chi connectivity index (χ0) is 7.68. The first-order valence-corrected chi connectivity index (χ1v) is 3.25. The van der Waals surface area contributed by atoms with Crippen LogP contribution < -0.4 is 10.5 Å². The Kier molecular flexibility index (Phi) is 1.58. The molecule has 0 saturated carbocycles. The van der Waals surface area contributed by atoms with Crippen LogP contribution in [0.5, 0.6) is 0 Å². The van der Waals surface area contributed by atoms with Crippen LogP contribution in [0.15, 0.2) is 35.4 Å². The smallest absolute Gasteiger partial charge is 0.178 e. The number of nitrogens with zero attached hydrogens (tertiary/aromatic N) is 2. The average molecular weight is 412 g/mol. The molecule has 0 aliphatic rings. The molecule has 0 aliphatic carbocycles. The molecule has 1 heterocycles. The number of benzene rings is 1. The number of rotatable bonds is 0. The molecular formula is C8H5N2ORf-. The zero-order valence-electron chi connectivity index (χ0n) is 6.40. The van der Waals surface area contributed by atoms with Crippen molar-refractivity contribution in [2.24, 2.45) is 0 Å². The van der Waals surface area contributed by atoms with Crippen molar-refractivity contribution in [1.82, 2.24) is 9.97 Å². The van der Waals surface area contributed by atoms with Gasteiger partial charge in [-0.2, -0.15) is 0 Å². The van der Waals surface area contributed by atoms with E-state index in [4.69, 9.17) is 0 Å². The van der Waals surface area contributed by atoms with Crippen LogP contribution in [-0.4, -0.2) is 4.98 Å². The number of para-hydroxylation sites is 1. The van der Waals surface area contributed by atoms with E-state index in [1.807, 2.05) is 6.07 Å². The van der Waals surface area contributed by atoms with E-state index in [2.05, 4.69) is 9.97 Å². The third kappa shape index (κ3) is 0.883. The Labute approximate surface area is 62.7 Å². The fraction of sp³-hybridized carbons (Fsp3) is 0. The monoisotopic (exact) mass is 412 g/mol. The molecule has 2 rings (SSSR count). The van der Waals surface area contributed by atoms with Crippen LogP contribution in [-0.2, 0) is 0 Å². The molecule has 0 bridgehead atoms. The Morgan fingerprint density at radius 3 is 2.75 bits per heavy atom. The van der Waals surface area contributed by atoms with Gasteiger partial charge in [0.05, 0.1) is 0 Å². The summed E-state index contributed by atoms with van der Waals surface area (Å²) in [5, 5.41) is 0.579. The zero-order valence-corrected chi connectivity index (χ0v) is 12.8. The van der Waals surface area contributed by atoms with Gasteiger partial charge in [-0.25, -0.2) is 0 Å². The van der Waals surface area contributed by atoms with Gasteiger partial charge in [0.2, 0.25) is 0 Å². The molecular weight excluding hydrogens is 407 g/mol. The van der Waals surface area contributed by atoms with Crippen molar-refractivity contribution in [3.63, 3.8) is 0 Å². The van der Waals surface area contributed by atoms with E-state index in [0.29, 0.717) is 10.9 Å². The van der Waals surface area contributed by atoms with Crippen LogP contribution in [0.4, 0.5) is 0 Å². The summed E-state index contributed by atoms with van der Waals surface area (Å²) in [6.45, 7) is 0. The van der Waals surface area contributed by atoms with Gasteiger partial charge in [-0.1, -0.05) is 30.6 Å². The van der Waals surface area contributed by atoms with Crippen LogP contribution in [0.3, 0.4) is 0 Å². The number of aromatic nitrogens is 2. The molecule has 0 radical (unpaired) electrons. The molecule has 2 aromatic rings. The molecule has 0 atom stereocenters. The van der Waals surface area contributed by atoms with Crippen molar-refractivity contribution >= 4 is 10.9 Å². The van der Waals surface area contributed by atoms with Gasteiger partial charge in [-0.05, 0) is 5.52 Å². The summed E-state index contributed by atoms with van der Waals surface area (Å²) in [4.78, 5) is 18.5. The predicted octanol–water partition coefficient (Wildman–Crippen LogP) is 0.552. The minimum Gasteiger partial charge on any atom is -0.443 e. The van der Waals surface area contributed by atoms with Crippen molar-refractivity contribution in [2.45, 2.75) is 0 Å². The summed E-state index contributed by atoms with van der Waals surface area (Å²) in [5.41, 5.74) is 0.489. The summed E-state index contributed by atoms with van der Waals surface area (Å²) < 4.78 is 0. The second-order valence-corrected chi connectivity index (χ2v) is 2.20. The Bertz CT molecular complexity index is 433. The van der Waals surface area contributed by atoms with Crippen molar-refractivity contribution in [3.8, 4) is 0 Å². The maximum atomic E-state index is 11.0. The minimum atomic E-state index is -0.212. The number of hydrogen-bond acceptors (Lipinski definition) is 2. The molecule has 1 aromatic heterocycles. The number of hydrogen-bond donors (Lipinski definition) is 0. The summed E-state index contributed by atoms with van der Waals surface area (Å²) in [6, 6.07) is 7.15. The molecule has 0 saturated heterocycles. The van der Waals surface area contributed by atoms with Gasteiger partial charge in [0.1, 0.15) is 0 Å². The third-order valence-electron chi connectivity index (χ3n) is 1.51. The van der Waals surface area contributed by atoms with Crippen molar-refractivity contribution in [3.05, 3.63) is 40.9 Å². The number of fused-ring (bicyclic) bond motifs is 1. The first kappa shape index (κ1) is 7.47. The Morgan fingerprint density at radius 2 is 2.00 bits per heavy atom. The van der Waals surface area contributed by atoms with Crippen molar-refractivity contribution in [1.29, 1.82) is 0 Å². The Morgan fingerprint density at radius 1 is 1.25 bits per heavy atom. The van der Waals surface area contributed by atoms with Gasteiger partial charge in [-0.15, -0.1) is 0 Å². The standard InChI is InChI=1S/C8H6N2O.Rf/c11-8-6-3-1-2-4-7(6)9-5-10-8;/h1-5H,(H,9,10,11);/p-1. The van der Waals surface area contributed by atoms with Gasteiger partial charge in [0, 0.05) is 5.39 Å². The first-order valence-electron chi connectivity index (χ1n) is 3.25. The van der Waals surface area contributed by atoms with Crippen LogP contribution >= 0.6 is 0 Å². The third-order valence-corrected chi connectivity index (χ3v) is 1.51. The second-order valence-electron chi connectivity index (χ2n) is 2.20. The molecule has 0 spiro atoms. The van der Waals surface area contributed by atoms with E-state index in [1.54, 1.807) is 18.2 Å². The van der Waals surface area contributed by atoms with Crippen molar-refractivity contribution < 1.29 is 0 Å². The second kappa shape index (κ2) is 2.54. The Balaban J connectivity index is 0.000000720. The van der Waals surface area contributed by atoms with Gasteiger partial charge >= 0.3 is 0 Å². The van der Waals surface area contributed by atoms with E-state index < -0.39 is 0 Å². The van der Waals surface area contributed by atoms with E-state index in [-0.39, 0.29) is 5.56 Å². The van der Waals surface area contributed by atoms with Crippen LogP contribution in [0.1, 0.15) is 0 Å². The SMILES string of the molecule is O=c1[n-]cnc2ccccc12.[Rf]. The fourth-order valence-electron chi connectivity index (χ4n) is 0.980. The maximum absolute atomic E-state index is 11.0. The molecule has 0 N–H and O–H groups in total. The van der Waals surface area contributed by atoms with Crippen LogP contribution in [0.2, 0.25) is 0 Å². The summed E-state index contributed by atoms with van der Waals surface area (Å²) >= 11 is 0. The predicted molar refractivity (Wildman–Crippen MR) is 41.3 cm³/mol. The van der Waals surface area contributed by atoms with Crippen molar-refractivity contribution in [2.75, 3.05) is 0 Å². The van der Waals surface area contributed by atoms with Gasteiger partial charge in [0.25, 0.3) is 0 Å². The molecule has 4 heteroatoms. The summed E-state index contributed by atoms with van der Waals surface area (Å²) in [5.74, 6) is 0. The van der Waals surface area contributed by atoms with Crippen LogP contribution in [0, 0.1) is 0 Å². The van der Waals surface area contributed by atoms with Gasteiger partial charge < -0.3 is 9.97 Å². The quantitative estimate of drug-likeness (QED) is 0.635. The Hall–Kier alpha value is -2.64. The summed E-state index contributed by atoms with van der Waals surface area (Å²) in [7, 11) is 0. The summed E-state index contributed by atoms with van der Waals surface area (Å²) in [6.07, 6.45) is 1.28. The molecule has 56 valence electrons. The van der Waals surface area contributed by atoms with E-state index >= 15 is 0 Å². The minimum absolute atomic E-state index is 0. The van der Waals surface area contributed by atoms with Crippen LogP contribution in [0.25, 0.3) is 10.9 Å². The molecule has 3 nitrogen and oxygen atoms in total. The van der Waals surface area contributed by atoms with E-state index in [1.165, 1.54) is 6.33 Å². The molecule has 12 heavy (non-hydrogen) atoms. The van der Waals surface area contributed by atoms with E-state index in [0.717, 1.165) is 0 Å². The molecule has 0 aliphatic heterocycles. The maximum Gasteiger partial charge on any atom is 0.178 e. The topological polar surface area (TPSA) is 44.1 Å². The van der Waals surface area contributed by atoms with Gasteiger partial charge in [-0.3, -0.25) is 4.79 Å². The average Bonchev–Trinajstić information content (AvgIpc) is 2.06. The molecule has 0 amide bonds. The normalized spacial score (nSPS) is 9.33. The molecule has 0 unspecified atom stereocenters. The largest absolute Gasteiger partial charge is 0.443 e.